The minimum Gasteiger partial charge on any atom is -0.507 e. The number of nitrogens with one attached hydrogen (secondary N) is 2. The van der Waals surface area contributed by atoms with Crippen LogP contribution in [0.2, 0.25) is 0 Å². The van der Waals surface area contributed by atoms with E-state index in [1.807, 2.05) is 72.8 Å². The summed E-state index contributed by atoms with van der Waals surface area (Å²) >= 11 is 0. The lowest BCUT2D eigenvalue weighted by molar-refractivity contribution is -0.119. The molecule has 0 radical (unpaired) electrons. The highest BCUT2D eigenvalue weighted by molar-refractivity contribution is 6.02. The molecule has 0 aliphatic carbocycles. The zero-order chi connectivity index (χ0) is 19.3. The third kappa shape index (κ3) is 3.78. The minimum atomic E-state index is -0.274. The van der Waals surface area contributed by atoms with E-state index in [1.165, 1.54) is 6.21 Å². The van der Waals surface area contributed by atoms with E-state index in [-0.39, 0.29) is 18.2 Å². The van der Waals surface area contributed by atoms with Gasteiger partial charge in [-0.1, -0.05) is 60.7 Å². The van der Waals surface area contributed by atoms with Crippen LogP contribution in [0.5, 0.6) is 5.75 Å². The van der Waals surface area contributed by atoms with Crippen LogP contribution in [0.15, 0.2) is 84.0 Å². The first-order valence-corrected chi connectivity index (χ1v) is 8.96. The molecule has 0 saturated carbocycles. The van der Waals surface area contributed by atoms with Crippen LogP contribution in [-0.2, 0) is 4.79 Å². The van der Waals surface area contributed by atoms with E-state index in [9.17, 15) is 9.90 Å². The second-order valence-corrected chi connectivity index (χ2v) is 6.43. The molecule has 0 heterocycles. The standard InChI is InChI=1S/C23H19N3O2/c27-22-12-10-17-6-3-4-8-20(17)21(22)14-25-26-23(28)15-24-19-11-9-16-5-1-2-7-18(16)13-19/h1-14,24,27H,15H2,(H,26,28). The predicted molar refractivity (Wildman–Crippen MR) is 114 cm³/mol. The Kier molecular flexibility index (Phi) is 4.89. The highest BCUT2D eigenvalue weighted by Crippen LogP contribution is 2.25. The van der Waals surface area contributed by atoms with E-state index in [4.69, 9.17) is 0 Å². The maximum absolute atomic E-state index is 12.1. The Bertz CT molecular complexity index is 1180. The molecule has 4 aromatic rings. The molecular weight excluding hydrogens is 350 g/mol. The number of carbonyl (C=O) groups is 1. The lowest BCUT2D eigenvalue weighted by Gasteiger charge is -2.07. The molecule has 0 aromatic heterocycles. The number of aromatic hydroxyl groups is 1. The van der Waals surface area contributed by atoms with Crippen LogP contribution in [0.25, 0.3) is 21.5 Å². The van der Waals surface area contributed by atoms with E-state index in [1.54, 1.807) is 6.07 Å². The number of amides is 1. The van der Waals surface area contributed by atoms with Crippen molar-refractivity contribution in [2.45, 2.75) is 0 Å². The van der Waals surface area contributed by atoms with Crippen LogP contribution in [0.3, 0.4) is 0 Å². The Hall–Kier alpha value is -3.86. The van der Waals surface area contributed by atoms with E-state index in [2.05, 4.69) is 15.8 Å². The van der Waals surface area contributed by atoms with Gasteiger partial charge >= 0.3 is 0 Å². The molecule has 5 nitrogen and oxygen atoms in total. The molecule has 28 heavy (non-hydrogen) atoms. The van der Waals surface area contributed by atoms with Gasteiger partial charge in [-0.3, -0.25) is 4.79 Å². The SMILES string of the molecule is O=C(CNc1ccc2ccccc2c1)NN=Cc1c(O)ccc2ccccc12. The van der Waals surface area contributed by atoms with Crippen LogP contribution in [-0.4, -0.2) is 23.8 Å². The van der Waals surface area contributed by atoms with Crippen LogP contribution in [0.1, 0.15) is 5.56 Å². The predicted octanol–water partition coefficient (Wildman–Crippen LogP) is 4.26. The summed E-state index contributed by atoms with van der Waals surface area (Å²) in [5.41, 5.74) is 3.92. The number of hydrogen-bond donors (Lipinski definition) is 3. The molecule has 5 heteroatoms. The van der Waals surface area contributed by atoms with Gasteiger partial charge in [0, 0.05) is 11.3 Å². The summed E-state index contributed by atoms with van der Waals surface area (Å²) < 4.78 is 0. The Balaban J connectivity index is 1.40. The van der Waals surface area contributed by atoms with E-state index in [0.717, 1.165) is 27.2 Å². The minimum absolute atomic E-state index is 0.0944. The van der Waals surface area contributed by atoms with Gasteiger partial charge in [-0.25, -0.2) is 5.43 Å². The fraction of sp³-hybridized carbons (Fsp3) is 0.0435. The number of hydrogen-bond acceptors (Lipinski definition) is 4. The molecule has 0 fully saturated rings. The molecule has 0 aliphatic rings. The van der Waals surface area contributed by atoms with Gasteiger partial charge in [0.1, 0.15) is 5.75 Å². The number of anilines is 1. The summed E-state index contributed by atoms with van der Waals surface area (Å²) in [7, 11) is 0. The van der Waals surface area contributed by atoms with Gasteiger partial charge in [-0.15, -0.1) is 0 Å². The molecule has 0 bridgehead atoms. The van der Waals surface area contributed by atoms with Crippen molar-refractivity contribution >= 4 is 39.4 Å². The normalized spacial score (nSPS) is 11.1. The topological polar surface area (TPSA) is 73.7 Å². The van der Waals surface area contributed by atoms with Gasteiger partial charge in [0.15, 0.2) is 0 Å². The molecule has 0 saturated heterocycles. The monoisotopic (exact) mass is 369 g/mol. The number of carbonyl (C=O) groups excluding carboxylic acids is 1. The first kappa shape index (κ1) is 17.5. The lowest BCUT2D eigenvalue weighted by atomic mass is 10.0. The van der Waals surface area contributed by atoms with E-state index < -0.39 is 0 Å². The van der Waals surface area contributed by atoms with Crippen molar-refractivity contribution in [3.63, 3.8) is 0 Å². The third-order valence-corrected chi connectivity index (χ3v) is 4.53. The number of phenolic OH excluding ortho intramolecular Hbond substituents is 1. The van der Waals surface area contributed by atoms with Crippen molar-refractivity contribution in [1.29, 1.82) is 0 Å². The fourth-order valence-electron chi connectivity index (χ4n) is 3.11. The average molecular weight is 369 g/mol. The van der Waals surface area contributed by atoms with Crippen molar-refractivity contribution in [3.8, 4) is 5.75 Å². The number of hydrazone groups is 1. The van der Waals surface area contributed by atoms with Gasteiger partial charge in [-0.2, -0.15) is 5.10 Å². The number of rotatable bonds is 5. The van der Waals surface area contributed by atoms with Crippen LogP contribution in [0, 0.1) is 0 Å². The molecule has 3 N–H and O–H groups in total. The molecule has 1 amide bonds. The Morgan fingerprint density at radius 2 is 1.61 bits per heavy atom. The zero-order valence-electron chi connectivity index (χ0n) is 15.1. The quantitative estimate of drug-likeness (QED) is 0.363. The highest BCUT2D eigenvalue weighted by atomic mass is 16.3. The second kappa shape index (κ2) is 7.80. The molecule has 0 unspecified atom stereocenters. The van der Waals surface area contributed by atoms with Gasteiger partial charge in [0.2, 0.25) is 0 Å². The summed E-state index contributed by atoms with van der Waals surface area (Å²) in [6.07, 6.45) is 1.46. The first-order valence-electron chi connectivity index (χ1n) is 8.96. The fourth-order valence-corrected chi connectivity index (χ4v) is 3.11. The highest BCUT2D eigenvalue weighted by Gasteiger charge is 2.05. The third-order valence-electron chi connectivity index (χ3n) is 4.53. The van der Waals surface area contributed by atoms with Gasteiger partial charge in [0.25, 0.3) is 5.91 Å². The zero-order valence-corrected chi connectivity index (χ0v) is 15.1. The Morgan fingerprint density at radius 3 is 2.46 bits per heavy atom. The van der Waals surface area contributed by atoms with Crippen LogP contribution < -0.4 is 10.7 Å². The molecule has 0 atom stereocenters. The molecule has 0 aliphatic heterocycles. The summed E-state index contributed by atoms with van der Waals surface area (Å²) in [6, 6.07) is 25.1. The largest absolute Gasteiger partial charge is 0.507 e. The molecular formula is C23H19N3O2. The van der Waals surface area contributed by atoms with E-state index >= 15 is 0 Å². The second-order valence-electron chi connectivity index (χ2n) is 6.43. The Morgan fingerprint density at radius 1 is 0.893 bits per heavy atom. The van der Waals surface area contributed by atoms with Crippen molar-refractivity contribution in [2.24, 2.45) is 5.10 Å². The number of nitrogens with zero attached hydrogens (tertiary/aromatic N) is 1. The van der Waals surface area contributed by atoms with Crippen LogP contribution >= 0.6 is 0 Å². The molecule has 4 rings (SSSR count). The van der Waals surface area contributed by atoms with Gasteiger partial charge in [-0.05, 0) is 39.7 Å². The van der Waals surface area contributed by atoms with Crippen molar-refractivity contribution in [1.82, 2.24) is 5.43 Å². The number of phenols is 1. The summed E-state index contributed by atoms with van der Waals surface area (Å²) in [6.45, 7) is 0.0944. The molecule has 4 aromatic carbocycles. The van der Waals surface area contributed by atoms with Crippen molar-refractivity contribution < 1.29 is 9.90 Å². The Labute approximate surface area is 162 Å². The maximum Gasteiger partial charge on any atom is 0.259 e. The van der Waals surface area contributed by atoms with E-state index in [0.29, 0.717) is 5.56 Å². The smallest absolute Gasteiger partial charge is 0.259 e. The van der Waals surface area contributed by atoms with Gasteiger partial charge in [0.05, 0.1) is 12.8 Å². The van der Waals surface area contributed by atoms with Crippen molar-refractivity contribution in [2.75, 3.05) is 11.9 Å². The molecule has 138 valence electrons. The maximum atomic E-state index is 12.1. The molecule has 0 spiro atoms. The first-order chi connectivity index (χ1) is 13.7. The summed E-state index contributed by atoms with van der Waals surface area (Å²) in [5, 5.41) is 21.3. The lowest BCUT2D eigenvalue weighted by Crippen LogP contribution is -2.25. The summed E-state index contributed by atoms with van der Waals surface area (Å²) in [5.74, 6) is -0.157. The van der Waals surface area contributed by atoms with Crippen molar-refractivity contribution in [3.05, 3.63) is 84.4 Å². The number of benzene rings is 4. The summed E-state index contributed by atoms with van der Waals surface area (Å²) in [4.78, 5) is 12.1. The van der Waals surface area contributed by atoms with Crippen LogP contribution in [0.4, 0.5) is 5.69 Å². The average Bonchev–Trinajstić information content (AvgIpc) is 2.73. The number of fused-ring (bicyclic) bond motifs is 2. The van der Waals surface area contributed by atoms with Gasteiger partial charge < -0.3 is 10.4 Å².